The third kappa shape index (κ3) is 3.06. The van der Waals surface area contributed by atoms with E-state index in [-0.39, 0.29) is 24.0 Å². The van der Waals surface area contributed by atoms with Gasteiger partial charge >= 0.3 is 5.97 Å². The van der Waals surface area contributed by atoms with Crippen LogP contribution in [0.4, 0.5) is 0 Å². The number of rotatable bonds is 4. The number of aromatic nitrogens is 2. The molecule has 0 spiro atoms. The fourth-order valence-corrected chi connectivity index (χ4v) is 6.21. The van der Waals surface area contributed by atoms with Gasteiger partial charge in [0.1, 0.15) is 0 Å². The summed E-state index contributed by atoms with van der Waals surface area (Å²) in [6.07, 6.45) is 3.47. The summed E-state index contributed by atoms with van der Waals surface area (Å²) < 4.78 is 29.6. The van der Waals surface area contributed by atoms with Crippen LogP contribution in [-0.2, 0) is 34.7 Å². The average Bonchev–Trinajstić information content (AvgIpc) is 3.24. The molecule has 2 aliphatic rings. The van der Waals surface area contributed by atoms with Gasteiger partial charge in [-0.2, -0.15) is 9.40 Å². The summed E-state index contributed by atoms with van der Waals surface area (Å²) in [6, 6.07) is 9.29. The maximum Gasteiger partial charge on any atom is 0.308 e. The maximum atomic E-state index is 13.4. The Labute approximate surface area is 158 Å². The van der Waals surface area contributed by atoms with Gasteiger partial charge in [0, 0.05) is 31.6 Å². The molecule has 1 aromatic heterocycles. The number of nitrogens with zero attached hydrogens (tertiary/aromatic N) is 3. The first kappa shape index (κ1) is 18.2. The van der Waals surface area contributed by atoms with E-state index in [9.17, 15) is 18.3 Å². The van der Waals surface area contributed by atoms with Crippen molar-refractivity contribution in [2.75, 3.05) is 13.1 Å². The third-order valence-corrected chi connectivity index (χ3v) is 7.65. The number of benzene rings is 1. The summed E-state index contributed by atoms with van der Waals surface area (Å²) in [4.78, 5) is 11.8. The molecule has 4 rings (SSSR count). The SMILES string of the molecule is Cn1nc2c(c1S(=O)(=O)N1C[C@H](C(=O)O)[C@@H](c3ccccc3)C1)CCCC2. The number of carbonyl (C=O) groups is 1. The fourth-order valence-electron chi connectivity index (χ4n) is 4.35. The second-order valence-electron chi connectivity index (χ2n) is 7.35. The molecular weight excluding hydrogens is 366 g/mol. The zero-order valence-electron chi connectivity index (χ0n) is 15.2. The molecule has 27 heavy (non-hydrogen) atoms. The number of fused-ring (bicyclic) bond motifs is 1. The zero-order valence-corrected chi connectivity index (χ0v) is 16.0. The lowest BCUT2D eigenvalue weighted by Gasteiger charge is -2.19. The molecule has 0 radical (unpaired) electrons. The number of sulfonamides is 1. The number of carboxylic acids is 1. The molecule has 2 atom stereocenters. The van der Waals surface area contributed by atoms with Crippen molar-refractivity contribution >= 4 is 16.0 Å². The van der Waals surface area contributed by atoms with Gasteiger partial charge in [-0.1, -0.05) is 30.3 Å². The Bertz CT molecular complexity index is 968. The summed E-state index contributed by atoms with van der Waals surface area (Å²) in [5.74, 6) is -2.08. The number of hydrogen-bond acceptors (Lipinski definition) is 4. The number of carboxylic acid groups (broad SMARTS) is 1. The van der Waals surface area contributed by atoms with Gasteiger partial charge < -0.3 is 5.11 Å². The molecule has 7 nitrogen and oxygen atoms in total. The van der Waals surface area contributed by atoms with E-state index in [4.69, 9.17) is 0 Å². The minimum atomic E-state index is -3.80. The topological polar surface area (TPSA) is 92.5 Å². The van der Waals surface area contributed by atoms with Gasteiger partial charge in [0.05, 0.1) is 11.6 Å². The molecule has 0 saturated carbocycles. The molecule has 1 N–H and O–H groups in total. The van der Waals surface area contributed by atoms with Crippen LogP contribution < -0.4 is 0 Å². The highest BCUT2D eigenvalue weighted by Crippen LogP contribution is 2.37. The summed E-state index contributed by atoms with van der Waals surface area (Å²) in [6.45, 7) is 0.153. The van der Waals surface area contributed by atoms with Gasteiger partial charge in [0.25, 0.3) is 10.0 Å². The van der Waals surface area contributed by atoms with Gasteiger partial charge in [0.15, 0.2) is 5.03 Å². The highest BCUT2D eigenvalue weighted by Gasteiger charge is 2.45. The monoisotopic (exact) mass is 389 g/mol. The lowest BCUT2D eigenvalue weighted by Crippen LogP contribution is -2.32. The Morgan fingerprint density at radius 3 is 2.56 bits per heavy atom. The molecule has 1 aliphatic carbocycles. The van der Waals surface area contributed by atoms with Crippen LogP contribution in [0.1, 0.15) is 35.6 Å². The molecule has 0 unspecified atom stereocenters. The van der Waals surface area contributed by atoms with Crippen LogP contribution in [0.25, 0.3) is 0 Å². The molecule has 1 aliphatic heterocycles. The van der Waals surface area contributed by atoms with E-state index >= 15 is 0 Å². The molecule has 1 saturated heterocycles. The molecule has 0 bridgehead atoms. The largest absolute Gasteiger partial charge is 0.481 e. The van der Waals surface area contributed by atoms with Gasteiger partial charge in [-0.3, -0.25) is 9.48 Å². The quantitative estimate of drug-likeness (QED) is 0.861. The van der Waals surface area contributed by atoms with Crippen molar-refractivity contribution in [3.8, 4) is 0 Å². The summed E-state index contributed by atoms with van der Waals surface area (Å²) in [5, 5.41) is 14.3. The van der Waals surface area contributed by atoms with Crippen molar-refractivity contribution in [3.63, 3.8) is 0 Å². The normalized spacial score (nSPS) is 23.3. The Hall–Kier alpha value is -2.19. The number of hydrogen-bond donors (Lipinski definition) is 1. The van der Waals surface area contributed by atoms with Crippen LogP contribution in [0.3, 0.4) is 0 Å². The van der Waals surface area contributed by atoms with Crippen LogP contribution in [-0.4, -0.2) is 46.7 Å². The standard InChI is InChI=1S/C19H23N3O4S/c1-21-18(14-9-5-6-10-17(14)20-21)27(25,26)22-11-15(16(12-22)19(23)24)13-7-3-2-4-8-13/h2-4,7-8,15-16H,5-6,9-12H2,1H3,(H,23,24)/t15-,16+/m1/s1. The highest BCUT2D eigenvalue weighted by atomic mass is 32.2. The van der Waals surface area contributed by atoms with Gasteiger partial charge in [-0.15, -0.1) is 0 Å². The Morgan fingerprint density at radius 2 is 1.85 bits per heavy atom. The Kier molecular flexibility index (Phi) is 4.55. The Balaban J connectivity index is 1.71. The second kappa shape index (κ2) is 6.76. The average molecular weight is 389 g/mol. The molecule has 2 aromatic rings. The van der Waals surface area contributed by atoms with Gasteiger partial charge in [-0.25, -0.2) is 8.42 Å². The number of aryl methyl sites for hydroxylation is 2. The maximum absolute atomic E-state index is 13.4. The van der Waals surface area contributed by atoms with E-state index in [1.165, 1.54) is 8.99 Å². The first-order valence-corrected chi connectivity index (χ1v) is 10.7. The van der Waals surface area contributed by atoms with Crippen LogP contribution in [0.15, 0.2) is 35.4 Å². The second-order valence-corrected chi connectivity index (χ2v) is 9.20. The fraction of sp³-hybridized carbons (Fsp3) is 0.474. The lowest BCUT2D eigenvalue weighted by atomic mass is 9.89. The molecule has 144 valence electrons. The van der Waals surface area contributed by atoms with Crippen molar-refractivity contribution in [2.45, 2.75) is 36.6 Å². The smallest absolute Gasteiger partial charge is 0.308 e. The number of aliphatic carboxylic acids is 1. The Morgan fingerprint density at radius 1 is 1.15 bits per heavy atom. The predicted molar refractivity (Wildman–Crippen MR) is 98.9 cm³/mol. The summed E-state index contributed by atoms with van der Waals surface area (Å²) in [7, 11) is -2.15. The van der Waals surface area contributed by atoms with Crippen molar-refractivity contribution < 1.29 is 18.3 Å². The van der Waals surface area contributed by atoms with Crippen LogP contribution in [0.2, 0.25) is 0 Å². The van der Waals surface area contributed by atoms with E-state index in [0.717, 1.165) is 36.1 Å². The molecule has 1 fully saturated rings. The summed E-state index contributed by atoms with van der Waals surface area (Å²) in [5.41, 5.74) is 2.52. The van der Waals surface area contributed by atoms with Crippen molar-refractivity contribution in [1.82, 2.24) is 14.1 Å². The third-order valence-electron chi connectivity index (χ3n) is 5.68. The predicted octanol–water partition coefficient (Wildman–Crippen LogP) is 1.79. The van der Waals surface area contributed by atoms with Crippen LogP contribution >= 0.6 is 0 Å². The van der Waals surface area contributed by atoms with E-state index in [2.05, 4.69) is 5.10 Å². The minimum Gasteiger partial charge on any atom is -0.481 e. The van der Waals surface area contributed by atoms with E-state index < -0.39 is 21.9 Å². The molecule has 1 aromatic carbocycles. The molecule has 0 amide bonds. The highest BCUT2D eigenvalue weighted by molar-refractivity contribution is 7.89. The first-order chi connectivity index (χ1) is 12.9. The van der Waals surface area contributed by atoms with Crippen molar-refractivity contribution in [2.24, 2.45) is 13.0 Å². The van der Waals surface area contributed by atoms with Crippen molar-refractivity contribution in [3.05, 3.63) is 47.2 Å². The van der Waals surface area contributed by atoms with Crippen molar-refractivity contribution in [1.29, 1.82) is 0 Å². The van der Waals surface area contributed by atoms with E-state index in [1.807, 2.05) is 30.3 Å². The molecule has 2 heterocycles. The van der Waals surface area contributed by atoms with E-state index in [0.29, 0.717) is 6.42 Å². The summed E-state index contributed by atoms with van der Waals surface area (Å²) >= 11 is 0. The first-order valence-electron chi connectivity index (χ1n) is 9.22. The molecular formula is C19H23N3O4S. The minimum absolute atomic E-state index is 0.0167. The molecule has 8 heteroatoms. The van der Waals surface area contributed by atoms with Crippen LogP contribution in [0, 0.1) is 5.92 Å². The van der Waals surface area contributed by atoms with Gasteiger partial charge in [0.2, 0.25) is 0 Å². The zero-order chi connectivity index (χ0) is 19.2. The lowest BCUT2D eigenvalue weighted by molar-refractivity contribution is -0.141. The van der Waals surface area contributed by atoms with Gasteiger partial charge in [-0.05, 0) is 31.2 Å². The van der Waals surface area contributed by atoms with Crippen LogP contribution in [0.5, 0.6) is 0 Å². The van der Waals surface area contributed by atoms with E-state index in [1.54, 1.807) is 7.05 Å².